The van der Waals surface area contributed by atoms with Crippen LogP contribution >= 0.6 is 0 Å². The number of aromatic nitrogens is 2. The summed E-state index contributed by atoms with van der Waals surface area (Å²) in [4.78, 5) is 30.4. The van der Waals surface area contributed by atoms with E-state index in [9.17, 15) is 14.9 Å². The molecule has 31 heavy (non-hydrogen) atoms. The molecule has 0 radical (unpaired) electrons. The summed E-state index contributed by atoms with van der Waals surface area (Å²) >= 11 is 0. The van der Waals surface area contributed by atoms with Gasteiger partial charge in [0, 0.05) is 30.1 Å². The fraction of sp³-hybridized carbons (Fsp3) is 0.150. The maximum Gasteiger partial charge on any atom is 0.353 e. The van der Waals surface area contributed by atoms with Crippen molar-refractivity contribution >= 4 is 40.3 Å². The lowest BCUT2D eigenvalue weighted by atomic mass is 10.2. The quantitative estimate of drug-likeness (QED) is 0.401. The van der Waals surface area contributed by atoms with Gasteiger partial charge in [0.05, 0.1) is 4.92 Å². The van der Waals surface area contributed by atoms with E-state index < -0.39 is 4.92 Å². The summed E-state index contributed by atoms with van der Waals surface area (Å²) in [6.07, 6.45) is 1.22. The molecule has 0 fully saturated rings. The van der Waals surface area contributed by atoms with Crippen molar-refractivity contribution in [2.75, 3.05) is 29.2 Å². The molecule has 3 N–H and O–H groups in total. The monoisotopic (exact) mass is 422 g/mol. The number of nitrogens with one attached hydrogen (secondary N) is 3. The molecule has 11 heteroatoms. The first-order chi connectivity index (χ1) is 15.0. The molecule has 1 amide bonds. The van der Waals surface area contributed by atoms with Gasteiger partial charge in [-0.05, 0) is 36.4 Å². The third kappa shape index (κ3) is 4.61. The van der Waals surface area contributed by atoms with Crippen LogP contribution < -0.4 is 25.4 Å². The third-order valence-corrected chi connectivity index (χ3v) is 4.28. The molecule has 11 nitrogen and oxygen atoms in total. The zero-order valence-electron chi connectivity index (χ0n) is 16.4. The van der Waals surface area contributed by atoms with Crippen molar-refractivity contribution in [1.82, 2.24) is 9.97 Å². The fourth-order valence-corrected chi connectivity index (χ4v) is 2.97. The molecule has 0 spiro atoms. The largest absolute Gasteiger partial charge is 0.486 e. The normalized spacial score (nSPS) is 12.0. The number of carbonyl (C=O) groups excluding carboxylic acids is 1. The van der Waals surface area contributed by atoms with Crippen LogP contribution in [-0.4, -0.2) is 34.0 Å². The summed E-state index contributed by atoms with van der Waals surface area (Å²) in [5, 5.41) is 20.3. The van der Waals surface area contributed by atoms with E-state index in [1.165, 1.54) is 13.3 Å². The third-order valence-electron chi connectivity index (χ3n) is 4.28. The molecule has 0 bridgehead atoms. The Bertz CT molecular complexity index is 1140. The number of nitro groups is 1. The van der Waals surface area contributed by atoms with Crippen molar-refractivity contribution in [1.29, 1.82) is 0 Å². The SMILES string of the molecule is CC(=O)Nc1ccc(Nc2ncnc(Nc3ccc4c(c3)OCCO4)c2[N+](=O)[O-])cc1. The molecule has 0 saturated carbocycles. The van der Waals surface area contributed by atoms with Crippen LogP contribution in [0.1, 0.15) is 6.92 Å². The summed E-state index contributed by atoms with van der Waals surface area (Å²) in [6, 6.07) is 11.8. The van der Waals surface area contributed by atoms with Crippen molar-refractivity contribution in [3.63, 3.8) is 0 Å². The molecular weight excluding hydrogens is 404 g/mol. The van der Waals surface area contributed by atoms with E-state index in [0.717, 1.165) is 0 Å². The van der Waals surface area contributed by atoms with Crippen LogP contribution in [0.15, 0.2) is 48.8 Å². The minimum Gasteiger partial charge on any atom is -0.486 e. The molecule has 158 valence electrons. The Balaban J connectivity index is 1.59. The van der Waals surface area contributed by atoms with Gasteiger partial charge in [0.15, 0.2) is 11.5 Å². The highest BCUT2D eigenvalue weighted by Gasteiger charge is 2.24. The first kappa shape index (κ1) is 19.9. The predicted octanol–water partition coefficient (Wildman–Crippen LogP) is 3.60. The minimum absolute atomic E-state index is 0.0207. The Morgan fingerprint density at radius 1 is 0.935 bits per heavy atom. The molecular formula is C20H18N6O5. The van der Waals surface area contributed by atoms with E-state index in [2.05, 4.69) is 25.9 Å². The molecule has 3 aromatic rings. The van der Waals surface area contributed by atoms with Crippen molar-refractivity contribution < 1.29 is 19.2 Å². The highest BCUT2D eigenvalue weighted by atomic mass is 16.6. The predicted molar refractivity (Wildman–Crippen MR) is 113 cm³/mol. The van der Waals surface area contributed by atoms with Crippen LogP contribution in [0.5, 0.6) is 11.5 Å². The average Bonchev–Trinajstić information content (AvgIpc) is 2.74. The maximum atomic E-state index is 11.8. The van der Waals surface area contributed by atoms with Gasteiger partial charge in [-0.25, -0.2) is 9.97 Å². The van der Waals surface area contributed by atoms with Gasteiger partial charge in [0.1, 0.15) is 19.5 Å². The number of amides is 1. The smallest absolute Gasteiger partial charge is 0.353 e. The number of anilines is 5. The Kier molecular flexibility index (Phi) is 5.47. The topological polar surface area (TPSA) is 141 Å². The zero-order valence-corrected chi connectivity index (χ0v) is 16.4. The van der Waals surface area contributed by atoms with Crippen molar-refractivity contribution in [3.05, 3.63) is 58.9 Å². The molecule has 0 saturated heterocycles. The van der Waals surface area contributed by atoms with Gasteiger partial charge in [-0.3, -0.25) is 14.9 Å². The van der Waals surface area contributed by atoms with Crippen LogP contribution in [0, 0.1) is 10.1 Å². The number of rotatable bonds is 6. The second-order valence-electron chi connectivity index (χ2n) is 6.54. The second-order valence-corrected chi connectivity index (χ2v) is 6.54. The van der Waals surface area contributed by atoms with Crippen molar-refractivity contribution in [2.24, 2.45) is 0 Å². The maximum absolute atomic E-state index is 11.8. The number of ether oxygens (including phenoxy) is 2. The number of carbonyl (C=O) groups is 1. The molecule has 0 atom stereocenters. The van der Waals surface area contributed by atoms with Crippen LogP contribution in [0.25, 0.3) is 0 Å². The lowest BCUT2D eigenvalue weighted by Crippen LogP contribution is -2.15. The van der Waals surface area contributed by atoms with Gasteiger partial charge in [-0.2, -0.15) is 0 Å². The van der Waals surface area contributed by atoms with E-state index in [4.69, 9.17) is 9.47 Å². The number of nitrogens with zero attached hydrogens (tertiary/aromatic N) is 3. The Labute approximate surface area is 176 Å². The molecule has 4 rings (SSSR count). The standard InChI is InChI=1S/C20H18N6O5/c1-12(27)23-13-2-4-14(5-3-13)24-19-18(26(28)29)20(22-11-21-19)25-15-6-7-16-17(10-15)31-9-8-30-16/h2-7,10-11H,8-9H2,1H3,(H,23,27)(H2,21,22,24,25). The molecule has 1 aromatic heterocycles. The highest BCUT2D eigenvalue weighted by Crippen LogP contribution is 2.36. The second kappa shape index (κ2) is 8.53. The fourth-order valence-electron chi connectivity index (χ4n) is 2.97. The number of hydrogen-bond donors (Lipinski definition) is 3. The van der Waals surface area contributed by atoms with Crippen LogP contribution in [0.2, 0.25) is 0 Å². The number of hydrogen-bond acceptors (Lipinski definition) is 9. The summed E-state index contributed by atoms with van der Waals surface area (Å²) in [5.41, 5.74) is 1.40. The van der Waals surface area contributed by atoms with Crippen molar-refractivity contribution in [3.8, 4) is 11.5 Å². The van der Waals surface area contributed by atoms with E-state index >= 15 is 0 Å². The van der Waals surface area contributed by atoms with Gasteiger partial charge in [-0.1, -0.05) is 0 Å². The lowest BCUT2D eigenvalue weighted by Gasteiger charge is -2.19. The molecule has 2 heterocycles. The molecule has 2 aromatic carbocycles. The molecule has 1 aliphatic rings. The van der Waals surface area contributed by atoms with Gasteiger partial charge in [-0.15, -0.1) is 0 Å². The average molecular weight is 422 g/mol. The van der Waals surface area contributed by atoms with Crippen molar-refractivity contribution in [2.45, 2.75) is 6.92 Å². The highest BCUT2D eigenvalue weighted by molar-refractivity contribution is 5.89. The van der Waals surface area contributed by atoms with Crippen LogP contribution in [0.3, 0.4) is 0 Å². The molecule has 0 unspecified atom stereocenters. The first-order valence-corrected chi connectivity index (χ1v) is 9.30. The van der Waals surface area contributed by atoms with E-state index in [1.54, 1.807) is 42.5 Å². The number of fused-ring (bicyclic) bond motifs is 1. The summed E-state index contributed by atoms with van der Waals surface area (Å²) in [5.74, 6) is 1.01. The van der Waals surface area contributed by atoms with E-state index in [-0.39, 0.29) is 23.2 Å². The first-order valence-electron chi connectivity index (χ1n) is 9.30. The van der Waals surface area contributed by atoms with Gasteiger partial charge in [0.2, 0.25) is 17.5 Å². The van der Waals surface area contributed by atoms with Gasteiger partial charge in [0.25, 0.3) is 0 Å². The summed E-state index contributed by atoms with van der Waals surface area (Å²) in [7, 11) is 0. The Hall–Kier alpha value is -4.41. The van der Waals surface area contributed by atoms with E-state index in [1.807, 2.05) is 0 Å². The summed E-state index contributed by atoms with van der Waals surface area (Å²) < 4.78 is 11.0. The van der Waals surface area contributed by atoms with E-state index in [0.29, 0.717) is 41.8 Å². The lowest BCUT2D eigenvalue weighted by molar-refractivity contribution is -0.383. The van der Waals surface area contributed by atoms with Crippen LogP contribution in [0.4, 0.5) is 34.4 Å². The van der Waals surface area contributed by atoms with Gasteiger partial charge >= 0.3 is 5.69 Å². The Morgan fingerprint density at radius 2 is 1.52 bits per heavy atom. The number of benzene rings is 2. The molecule has 1 aliphatic heterocycles. The minimum atomic E-state index is -0.561. The Morgan fingerprint density at radius 3 is 2.16 bits per heavy atom. The summed E-state index contributed by atoms with van der Waals surface area (Å²) in [6.45, 7) is 2.31. The van der Waals surface area contributed by atoms with Crippen LogP contribution in [-0.2, 0) is 4.79 Å². The zero-order chi connectivity index (χ0) is 21.8. The molecule has 0 aliphatic carbocycles. The van der Waals surface area contributed by atoms with Gasteiger partial charge < -0.3 is 25.4 Å².